The number of rotatable bonds is 6. The molecule has 0 aromatic heterocycles. The van der Waals surface area contributed by atoms with E-state index in [1.807, 2.05) is 31.3 Å². The Morgan fingerprint density at radius 2 is 1.96 bits per heavy atom. The van der Waals surface area contributed by atoms with Crippen molar-refractivity contribution < 1.29 is 14.3 Å². The number of methoxy groups -OCH3 is 1. The van der Waals surface area contributed by atoms with Gasteiger partial charge in [-0.25, -0.2) is 0 Å². The lowest BCUT2D eigenvalue weighted by atomic mass is 9.85. The third kappa shape index (κ3) is 4.79. The summed E-state index contributed by atoms with van der Waals surface area (Å²) in [5.74, 6) is 2.30. The number of nitrogens with zero attached hydrogens (tertiary/aromatic N) is 1. The third-order valence-corrected chi connectivity index (χ3v) is 5.29. The number of ether oxygens (including phenoxy) is 2. The van der Waals surface area contributed by atoms with Crippen LogP contribution in [0.15, 0.2) is 24.3 Å². The van der Waals surface area contributed by atoms with Gasteiger partial charge in [0.05, 0.1) is 19.7 Å². The fourth-order valence-corrected chi connectivity index (χ4v) is 3.92. The molecule has 2 aliphatic rings. The molecule has 0 spiro atoms. The Hall–Kier alpha value is -1.46. The predicted molar refractivity (Wildman–Crippen MR) is 101 cm³/mol. The van der Waals surface area contributed by atoms with Crippen LogP contribution >= 0.6 is 12.4 Å². The first-order valence-corrected chi connectivity index (χ1v) is 8.96. The Morgan fingerprint density at radius 3 is 2.68 bits per heavy atom. The molecular weight excluding hydrogens is 340 g/mol. The van der Waals surface area contributed by atoms with E-state index in [2.05, 4.69) is 5.32 Å². The van der Waals surface area contributed by atoms with Gasteiger partial charge in [-0.15, -0.1) is 12.4 Å². The summed E-state index contributed by atoms with van der Waals surface area (Å²) in [4.78, 5) is 14.4. The van der Waals surface area contributed by atoms with Gasteiger partial charge in [0, 0.05) is 13.1 Å². The minimum atomic E-state index is -0.0191. The molecule has 3 atom stereocenters. The topological polar surface area (TPSA) is 50.8 Å². The first-order chi connectivity index (χ1) is 11.7. The molecular formula is C19H29ClN2O3. The molecule has 0 radical (unpaired) electrons. The maximum absolute atomic E-state index is 12.6. The summed E-state index contributed by atoms with van der Waals surface area (Å²) in [5, 5.41) is 3.55. The summed E-state index contributed by atoms with van der Waals surface area (Å²) in [7, 11) is 3.49. The molecule has 3 unspecified atom stereocenters. The molecule has 6 heteroatoms. The zero-order chi connectivity index (χ0) is 16.9. The molecule has 5 nitrogen and oxygen atoms in total. The van der Waals surface area contributed by atoms with Crippen molar-refractivity contribution in [1.29, 1.82) is 0 Å². The zero-order valence-electron chi connectivity index (χ0n) is 15.1. The molecule has 140 valence electrons. The monoisotopic (exact) mass is 368 g/mol. The van der Waals surface area contributed by atoms with Gasteiger partial charge in [-0.05, 0) is 37.3 Å². The number of hydrogen-bond acceptors (Lipinski definition) is 4. The van der Waals surface area contributed by atoms with E-state index >= 15 is 0 Å². The summed E-state index contributed by atoms with van der Waals surface area (Å²) < 4.78 is 11.0. The first-order valence-electron chi connectivity index (χ1n) is 8.96. The number of carbonyl (C=O) groups excluding carboxylic acids is 1. The summed E-state index contributed by atoms with van der Waals surface area (Å²) in [6.45, 7) is 1.03. The van der Waals surface area contributed by atoms with E-state index in [4.69, 9.17) is 9.47 Å². The van der Waals surface area contributed by atoms with Gasteiger partial charge in [0.2, 0.25) is 5.91 Å². The fourth-order valence-electron chi connectivity index (χ4n) is 3.92. The van der Waals surface area contributed by atoms with Crippen molar-refractivity contribution in [2.75, 3.05) is 27.3 Å². The SMILES string of the molecule is COc1ccccc1OCCN(C)C(=O)C1CC2CCCCC2N1.Cl. The zero-order valence-corrected chi connectivity index (χ0v) is 15.9. The molecule has 25 heavy (non-hydrogen) atoms. The molecule has 1 aliphatic carbocycles. The molecule has 1 aromatic rings. The van der Waals surface area contributed by atoms with Crippen LogP contribution in [-0.4, -0.2) is 50.2 Å². The second-order valence-electron chi connectivity index (χ2n) is 6.87. The van der Waals surface area contributed by atoms with Crippen LogP contribution in [0.1, 0.15) is 32.1 Å². The Labute approximate surface area is 156 Å². The highest BCUT2D eigenvalue weighted by atomic mass is 35.5. The summed E-state index contributed by atoms with van der Waals surface area (Å²) >= 11 is 0. The van der Waals surface area contributed by atoms with E-state index in [-0.39, 0.29) is 24.4 Å². The van der Waals surface area contributed by atoms with Crippen molar-refractivity contribution in [2.45, 2.75) is 44.2 Å². The van der Waals surface area contributed by atoms with Gasteiger partial charge in [-0.2, -0.15) is 0 Å². The smallest absolute Gasteiger partial charge is 0.239 e. The Balaban J connectivity index is 0.00000225. The van der Waals surface area contributed by atoms with E-state index in [9.17, 15) is 4.79 Å². The second-order valence-corrected chi connectivity index (χ2v) is 6.87. The van der Waals surface area contributed by atoms with Gasteiger partial charge in [0.1, 0.15) is 6.61 Å². The molecule has 1 N–H and O–H groups in total. The molecule has 1 heterocycles. The van der Waals surface area contributed by atoms with Crippen molar-refractivity contribution in [2.24, 2.45) is 5.92 Å². The molecule has 3 rings (SSSR count). The number of para-hydroxylation sites is 2. The van der Waals surface area contributed by atoms with Crippen molar-refractivity contribution in [1.82, 2.24) is 10.2 Å². The molecule has 1 amide bonds. The predicted octanol–water partition coefficient (Wildman–Crippen LogP) is 2.87. The number of benzene rings is 1. The van der Waals surface area contributed by atoms with Crippen molar-refractivity contribution in [3.8, 4) is 11.5 Å². The van der Waals surface area contributed by atoms with E-state index in [1.54, 1.807) is 12.0 Å². The average molecular weight is 369 g/mol. The summed E-state index contributed by atoms with van der Waals surface area (Å²) in [6.07, 6.45) is 6.07. The molecule has 1 aliphatic heterocycles. The highest BCUT2D eigenvalue weighted by molar-refractivity contribution is 5.85. The van der Waals surface area contributed by atoms with Crippen LogP contribution in [0.3, 0.4) is 0 Å². The van der Waals surface area contributed by atoms with Crippen LogP contribution in [0.4, 0.5) is 0 Å². The van der Waals surface area contributed by atoms with Gasteiger partial charge in [0.15, 0.2) is 11.5 Å². The maximum Gasteiger partial charge on any atom is 0.239 e. The molecule has 1 aromatic carbocycles. The standard InChI is InChI=1S/C19H28N2O3.ClH/c1-21(11-12-24-18-10-6-5-9-17(18)23-2)19(22)16-13-14-7-3-4-8-15(14)20-16;/h5-6,9-10,14-16,20H,3-4,7-8,11-13H2,1-2H3;1H. The fraction of sp³-hybridized carbons (Fsp3) is 0.632. The lowest BCUT2D eigenvalue weighted by Crippen LogP contribution is -2.45. The number of likely N-dealkylation sites (N-methyl/N-ethyl adjacent to an activating group) is 1. The highest BCUT2D eigenvalue weighted by Gasteiger charge is 2.39. The summed E-state index contributed by atoms with van der Waals surface area (Å²) in [6, 6.07) is 8.10. The number of carbonyl (C=O) groups is 1. The van der Waals surface area contributed by atoms with Crippen LogP contribution in [0.25, 0.3) is 0 Å². The van der Waals surface area contributed by atoms with Gasteiger partial charge in [0.25, 0.3) is 0 Å². The van der Waals surface area contributed by atoms with Crippen molar-refractivity contribution >= 4 is 18.3 Å². The van der Waals surface area contributed by atoms with Gasteiger partial charge >= 0.3 is 0 Å². The first kappa shape index (κ1) is 19.9. The Kier molecular flexibility index (Phi) is 7.38. The molecule has 1 saturated heterocycles. The number of nitrogens with one attached hydrogen (secondary N) is 1. The van der Waals surface area contributed by atoms with Crippen LogP contribution in [0.2, 0.25) is 0 Å². The van der Waals surface area contributed by atoms with Gasteiger partial charge in [-0.3, -0.25) is 4.79 Å². The number of fused-ring (bicyclic) bond motifs is 1. The normalized spacial score (nSPS) is 24.8. The van der Waals surface area contributed by atoms with E-state index < -0.39 is 0 Å². The molecule has 1 saturated carbocycles. The largest absolute Gasteiger partial charge is 0.493 e. The molecule has 2 fully saturated rings. The van der Waals surface area contributed by atoms with Crippen molar-refractivity contribution in [3.63, 3.8) is 0 Å². The van der Waals surface area contributed by atoms with Crippen molar-refractivity contribution in [3.05, 3.63) is 24.3 Å². The lowest BCUT2D eigenvalue weighted by Gasteiger charge is -2.24. The van der Waals surface area contributed by atoms with E-state index in [1.165, 1.54) is 25.7 Å². The van der Waals surface area contributed by atoms with Gasteiger partial charge < -0.3 is 19.7 Å². The van der Waals surface area contributed by atoms with Crippen LogP contribution in [-0.2, 0) is 4.79 Å². The number of amides is 1. The van der Waals surface area contributed by atoms with Crippen LogP contribution in [0, 0.1) is 5.92 Å². The maximum atomic E-state index is 12.6. The average Bonchev–Trinajstić information content (AvgIpc) is 3.05. The lowest BCUT2D eigenvalue weighted by molar-refractivity contribution is -0.132. The third-order valence-electron chi connectivity index (χ3n) is 5.29. The second kappa shape index (κ2) is 9.30. The molecule has 0 bridgehead atoms. The van der Waals surface area contributed by atoms with E-state index in [0.717, 1.165) is 6.42 Å². The Bertz CT molecular complexity index is 555. The number of hydrogen-bond donors (Lipinski definition) is 1. The minimum Gasteiger partial charge on any atom is -0.493 e. The quantitative estimate of drug-likeness (QED) is 0.838. The Morgan fingerprint density at radius 1 is 1.24 bits per heavy atom. The van der Waals surface area contributed by atoms with Crippen LogP contribution < -0.4 is 14.8 Å². The van der Waals surface area contributed by atoms with E-state index in [0.29, 0.717) is 36.6 Å². The highest BCUT2D eigenvalue weighted by Crippen LogP contribution is 2.33. The van der Waals surface area contributed by atoms with Crippen LogP contribution in [0.5, 0.6) is 11.5 Å². The summed E-state index contributed by atoms with van der Waals surface area (Å²) in [5.41, 5.74) is 0. The van der Waals surface area contributed by atoms with Gasteiger partial charge in [-0.1, -0.05) is 25.0 Å². The number of halogens is 1. The minimum absolute atomic E-state index is 0.